The summed E-state index contributed by atoms with van der Waals surface area (Å²) in [5.41, 5.74) is -1.20. The van der Waals surface area contributed by atoms with Gasteiger partial charge in [0.25, 0.3) is 0 Å². The number of fused-ring (bicyclic) bond motifs is 1. The molecule has 4 amide bonds. The monoisotopic (exact) mass is 314 g/mol. The van der Waals surface area contributed by atoms with E-state index >= 15 is 0 Å². The van der Waals surface area contributed by atoms with Crippen molar-refractivity contribution in [3.8, 4) is 12.1 Å². The van der Waals surface area contributed by atoms with Crippen LogP contribution in [0.3, 0.4) is 0 Å². The zero-order chi connectivity index (χ0) is 16.9. The van der Waals surface area contributed by atoms with Gasteiger partial charge in [-0.1, -0.05) is 0 Å². The molecule has 1 N–H and O–H groups in total. The Balaban J connectivity index is 2.06. The van der Waals surface area contributed by atoms with Gasteiger partial charge in [0.2, 0.25) is 23.6 Å². The first-order valence-corrected chi connectivity index (χ1v) is 7.32. The molecule has 2 aliphatic heterocycles. The summed E-state index contributed by atoms with van der Waals surface area (Å²) in [5.74, 6) is -5.63. The summed E-state index contributed by atoms with van der Waals surface area (Å²) in [6.07, 6.45) is 0.537. The van der Waals surface area contributed by atoms with Crippen LogP contribution in [-0.4, -0.2) is 35.6 Å². The first-order valence-electron chi connectivity index (χ1n) is 7.32. The molecule has 3 aliphatic rings. The van der Waals surface area contributed by atoms with E-state index in [1.807, 2.05) is 12.1 Å². The third kappa shape index (κ3) is 1.81. The quantitative estimate of drug-likeness (QED) is 0.589. The van der Waals surface area contributed by atoms with E-state index in [-0.39, 0.29) is 31.1 Å². The maximum atomic E-state index is 12.3. The molecule has 0 radical (unpaired) electrons. The summed E-state index contributed by atoms with van der Waals surface area (Å²) < 4.78 is 0. The van der Waals surface area contributed by atoms with E-state index in [1.54, 1.807) is 0 Å². The Morgan fingerprint density at radius 3 is 2.09 bits per heavy atom. The Kier molecular flexibility index (Phi) is 3.22. The van der Waals surface area contributed by atoms with Crippen LogP contribution in [0.4, 0.5) is 0 Å². The lowest BCUT2D eigenvalue weighted by Gasteiger charge is -2.47. The van der Waals surface area contributed by atoms with Crippen molar-refractivity contribution < 1.29 is 19.2 Å². The summed E-state index contributed by atoms with van der Waals surface area (Å²) in [4.78, 5) is 49.5. The molecule has 8 nitrogen and oxygen atoms in total. The number of carbonyl (C=O) groups is 4. The van der Waals surface area contributed by atoms with Crippen LogP contribution < -0.4 is 5.32 Å². The number of nitrogens with zero attached hydrogens (tertiary/aromatic N) is 3. The summed E-state index contributed by atoms with van der Waals surface area (Å²) in [7, 11) is 1.40. The second-order valence-electron chi connectivity index (χ2n) is 6.40. The number of rotatable bonds is 0. The first-order chi connectivity index (χ1) is 10.9. The van der Waals surface area contributed by atoms with Crippen molar-refractivity contribution in [2.75, 3.05) is 7.05 Å². The van der Waals surface area contributed by atoms with Crippen LogP contribution in [0.5, 0.6) is 0 Å². The topological polar surface area (TPSA) is 131 Å². The van der Waals surface area contributed by atoms with Gasteiger partial charge in [-0.3, -0.25) is 29.4 Å². The van der Waals surface area contributed by atoms with E-state index in [2.05, 4.69) is 5.32 Å². The highest BCUT2D eigenvalue weighted by Crippen LogP contribution is 2.55. The molecule has 0 aromatic rings. The van der Waals surface area contributed by atoms with Crippen LogP contribution >= 0.6 is 0 Å². The predicted octanol–water partition coefficient (Wildman–Crippen LogP) is -0.676. The van der Waals surface area contributed by atoms with Crippen LogP contribution in [0.1, 0.15) is 19.3 Å². The van der Waals surface area contributed by atoms with E-state index < -0.39 is 40.9 Å². The van der Waals surface area contributed by atoms with Crippen molar-refractivity contribution in [2.45, 2.75) is 19.3 Å². The number of likely N-dealkylation sites (tertiary alicyclic amines) is 1. The minimum absolute atomic E-state index is 0.0300. The van der Waals surface area contributed by atoms with Crippen LogP contribution in [0.2, 0.25) is 0 Å². The Bertz CT molecular complexity index is 684. The molecule has 3 rings (SSSR count). The fourth-order valence-electron chi connectivity index (χ4n) is 4.29. The minimum Gasteiger partial charge on any atom is -0.294 e. The number of amides is 4. The van der Waals surface area contributed by atoms with E-state index in [4.69, 9.17) is 0 Å². The number of piperidine rings is 1. The lowest BCUT2D eigenvalue weighted by molar-refractivity contribution is -0.150. The van der Waals surface area contributed by atoms with E-state index in [0.29, 0.717) is 0 Å². The van der Waals surface area contributed by atoms with Gasteiger partial charge in [-0.05, 0) is 19.3 Å². The van der Waals surface area contributed by atoms with Crippen molar-refractivity contribution >= 4 is 23.6 Å². The summed E-state index contributed by atoms with van der Waals surface area (Å²) >= 11 is 0. The number of hydrogen-bond donors (Lipinski definition) is 1. The molecule has 4 unspecified atom stereocenters. The highest BCUT2D eigenvalue weighted by Gasteiger charge is 2.62. The molecule has 118 valence electrons. The van der Waals surface area contributed by atoms with Gasteiger partial charge in [0.05, 0.1) is 24.0 Å². The van der Waals surface area contributed by atoms with Gasteiger partial charge in [-0.2, -0.15) is 10.5 Å². The maximum absolute atomic E-state index is 12.3. The molecule has 2 saturated heterocycles. The van der Waals surface area contributed by atoms with Crippen molar-refractivity contribution in [1.82, 2.24) is 10.2 Å². The van der Waals surface area contributed by atoms with E-state index in [0.717, 1.165) is 4.90 Å². The summed E-state index contributed by atoms with van der Waals surface area (Å²) in [6, 6.07) is 3.78. The predicted molar refractivity (Wildman–Crippen MR) is 72.4 cm³/mol. The SMILES string of the molecule is CN1C(=O)C2CCC3(CC2C1=O)C(C#N)C(=O)NC(=O)C3C#N. The molecule has 3 fully saturated rings. The number of carbonyl (C=O) groups excluding carboxylic acids is 4. The van der Waals surface area contributed by atoms with Crippen molar-refractivity contribution in [1.29, 1.82) is 10.5 Å². The Labute approximate surface area is 132 Å². The fourth-order valence-corrected chi connectivity index (χ4v) is 4.29. The van der Waals surface area contributed by atoms with Crippen molar-refractivity contribution in [2.24, 2.45) is 29.1 Å². The van der Waals surface area contributed by atoms with E-state index in [1.165, 1.54) is 7.05 Å². The normalized spacial score (nSPS) is 39.7. The molecule has 1 saturated carbocycles. The van der Waals surface area contributed by atoms with Crippen LogP contribution in [-0.2, 0) is 19.2 Å². The largest absolute Gasteiger partial charge is 0.294 e. The van der Waals surface area contributed by atoms with Crippen molar-refractivity contribution in [3.63, 3.8) is 0 Å². The second kappa shape index (κ2) is 4.88. The first kappa shape index (κ1) is 15.2. The standard InChI is InChI=1S/C15H14N4O4/c1-19-13(22)7-2-3-15(4-8(7)14(19)23)9(5-16)11(20)18-12(21)10(15)6-17/h7-10H,2-4H2,1H3,(H,18,20,21). The Morgan fingerprint density at radius 2 is 1.57 bits per heavy atom. The molecule has 0 aromatic carbocycles. The average Bonchev–Trinajstić information content (AvgIpc) is 2.72. The van der Waals surface area contributed by atoms with Crippen molar-refractivity contribution in [3.05, 3.63) is 0 Å². The number of nitriles is 2. The molecule has 1 aliphatic carbocycles. The minimum atomic E-state index is -1.20. The number of nitrogens with one attached hydrogen (secondary N) is 1. The highest BCUT2D eigenvalue weighted by atomic mass is 16.2. The summed E-state index contributed by atoms with van der Waals surface area (Å²) in [6.45, 7) is 0. The molecular formula is C15H14N4O4. The molecule has 4 atom stereocenters. The fraction of sp³-hybridized carbons (Fsp3) is 0.600. The van der Waals surface area contributed by atoms with Gasteiger partial charge in [-0.25, -0.2) is 0 Å². The highest BCUT2D eigenvalue weighted by molar-refractivity contribution is 6.06. The van der Waals surface area contributed by atoms with Gasteiger partial charge in [0.15, 0.2) is 0 Å². The van der Waals surface area contributed by atoms with Gasteiger partial charge in [-0.15, -0.1) is 0 Å². The molecule has 0 bridgehead atoms. The zero-order valence-electron chi connectivity index (χ0n) is 12.4. The molecule has 2 heterocycles. The number of imide groups is 2. The third-order valence-electron chi connectivity index (χ3n) is 5.48. The molecule has 8 heteroatoms. The lowest BCUT2D eigenvalue weighted by atomic mass is 9.54. The molecular weight excluding hydrogens is 300 g/mol. The van der Waals surface area contributed by atoms with Crippen LogP contribution in [0.15, 0.2) is 0 Å². The zero-order valence-corrected chi connectivity index (χ0v) is 12.4. The molecule has 0 aromatic heterocycles. The number of hydrogen-bond acceptors (Lipinski definition) is 6. The van der Waals surface area contributed by atoms with Gasteiger partial charge < -0.3 is 0 Å². The third-order valence-corrected chi connectivity index (χ3v) is 5.48. The smallest absolute Gasteiger partial charge is 0.244 e. The van der Waals surface area contributed by atoms with Crippen LogP contribution in [0.25, 0.3) is 0 Å². The summed E-state index contributed by atoms with van der Waals surface area (Å²) in [5, 5.41) is 20.8. The van der Waals surface area contributed by atoms with Gasteiger partial charge in [0.1, 0.15) is 11.8 Å². The average molecular weight is 314 g/mol. The van der Waals surface area contributed by atoms with E-state index in [9.17, 15) is 29.7 Å². The second-order valence-corrected chi connectivity index (χ2v) is 6.40. The lowest BCUT2D eigenvalue weighted by Crippen LogP contribution is -2.59. The van der Waals surface area contributed by atoms with Crippen LogP contribution in [0, 0.1) is 51.7 Å². The van der Waals surface area contributed by atoms with Gasteiger partial charge in [0, 0.05) is 12.5 Å². The maximum Gasteiger partial charge on any atom is 0.244 e. The molecule has 1 spiro atoms. The Hall–Kier alpha value is -2.74. The Morgan fingerprint density at radius 1 is 1.04 bits per heavy atom. The van der Waals surface area contributed by atoms with Gasteiger partial charge >= 0.3 is 0 Å². The molecule has 23 heavy (non-hydrogen) atoms.